The molecular weight excluding hydrogens is 1120 g/mol. The molecule has 0 bridgehead atoms. The largest absolute Gasteiger partial charge is 0.480 e. The molecule has 0 aromatic rings. The summed E-state index contributed by atoms with van der Waals surface area (Å²) in [7, 11) is 0. The fraction of sp³-hybridized carbons (Fsp3) is 0.967. The van der Waals surface area contributed by atoms with E-state index in [1.165, 1.54) is 0 Å². The lowest BCUT2D eigenvalue weighted by molar-refractivity contribution is -0.141. The van der Waals surface area contributed by atoms with Gasteiger partial charge in [0.25, 0.3) is 0 Å². The molecule has 0 aliphatic carbocycles. The molecular formula is C60H132N14O13. The van der Waals surface area contributed by atoms with Crippen molar-refractivity contribution in [3.05, 3.63) is 0 Å². The molecule has 0 radical (unpaired) electrons. The number of carbonyl (C=O) groups is 2. The highest BCUT2D eigenvalue weighted by Gasteiger charge is 2.25. The van der Waals surface area contributed by atoms with Crippen molar-refractivity contribution in [2.24, 2.45) is 23.3 Å². The SMILES string of the molecule is CC(C)[C@H](NC[C@H](NC[C@H](C)NCCNCCNC[C@H](CCCCN)NCCOCCOCCOCCOCCOCCCOCOCCN[C@@H](CCCCN)CNCCNCCN[C@@H](C)CN[C@@H](CN[C@H](C(=O)O)C(C)C)[C@@H](C)O)[C@@H](C)O)C(=O)O. The van der Waals surface area contributed by atoms with Crippen molar-refractivity contribution in [1.82, 2.24) is 63.8 Å². The van der Waals surface area contributed by atoms with E-state index in [0.717, 1.165) is 123 Å². The topological polar surface area (TPSA) is 376 Å². The van der Waals surface area contributed by atoms with Crippen LogP contribution in [0.4, 0.5) is 0 Å². The highest BCUT2D eigenvalue weighted by Crippen LogP contribution is 2.05. The molecule has 0 aliphatic heterocycles. The van der Waals surface area contributed by atoms with Crippen LogP contribution in [0.15, 0.2) is 0 Å². The Bertz CT molecular complexity index is 1390. The summed E-state index contributed by atoms with van der Waals surface area (Å²) in [6.45, 7) is 35.0. The van der Waals surface area contributed by atoms with Gasteiger partial charge in [0.15, 0.2) is 0 Å². The second-order valence-corrected chi connectivity index (χ2v) is 23.3. The molecule has 0 fully saturated rings. The lowest BCUT2D eigenvalue weighted by Gasteiger charge is -2.27. The fourth-order valence-electron chi connectivity index (χ4n) is 9.04. The summed E-state index contributed by atoms with van der Waals surface area (Å²) in [6.07, 6.45) is 5.78. The number of nitrogens with one attached hydrogen (secondary N) is 12. The molecule has 0 saturated carbocycles. The van der Waals surface area contributed by atoms with Gasteiger partial charge in [-0.1, -0.05) is 40.5 Å². The molecule has 0 aliphatic rings. The Morgan fingerprint density at radius 2 is 0.701 bits per heavy atom. The number of aliphatic hydroxyl groups is 2. The molecule has 10 atom stereocenters. The molecule has 0 rings (SSSR count). The average Bonchev–Trinajstić information content (AvgIpc) is 3.60. The average molecular weight is 1260 g/mol. The molecule has 20 N–H and O–H groups in total. The Labute approximate surface area is 525 Å². The van der Waals surface area contributed by atoms with Gasteiger partial charge in [-0.3, -0.25) is 9.59 Å². The van der Waals surface area contributed by atoms with Crippen LogP contribution in [0.1, 0.15) is 100 Å². The van der Waals surface area contributed by atoms with Crippen molar-refractivity contribution in [3.8, 4) is 0 Å². The molecule has 0 amide bonds. The van der Waals surface area contributed by atoms with Gasteiger partial charge in [0.1, 0.15) is 18.9 Å². The first-order valence-corrected chi connectivity index (χ1v) is 33.0. The van der Waals surface area contributed by atoms with Crippen LogP contribution in [0, 0.1) is 11.8 Å². The number of hydrogen-bond donors (Lipinski definition) is 18. The van der Waals surface area contributed by atoms with E-state index < -0.39 is 36.2 Å². The molecule has 87 heavy (non-hydrogen) atoms. The Kier molecular flexibility index (Phi) is 60.1. The molecule has 0 heterocycles. The van der Waals surface area contributed by atoms with Gasteiger partial charge in [0, 0.05) is 148 Å². The number of carboxylic acid groups (broad SMARTS) is 2. The molecule has 0 spiro atoms. The highest BCUT2D eigenvalue weighted by atomic mass is 16.7. The quantitative estimate of drug-likeness (QED) is 0.0232. The van der Waals surface area contributed by atoms with Crippen LogP contribution in [0.3, 0.4) is 0 Å². The summed E-state index contributed by atoms with van der Waals surface area (Å²) in [5.41, 5.74) is 11.5. The highest BCUT2D eigenvalue weighted by molar-refractivity contribution is 5.74. The van der Waals surface area contributed by atoms with Gasteiger partial charge in [-0.25, -0.2) is 0 Å². The van der Waals surface area contributed by atoms with Crippen molar-refractivity contribution in [2.75, 3.05) is 204 Å². The lowest BCUT2D eigenvalue weighted by Crippen LogP contribution is -2.53. The van der Waals surface area contributed by atoms with Gasteiger partial charge in [-0.15, -0.1) is 0 Å². The standard InChI is InChI=1S/C60H132N14O13/c1-47(2)57(59(77)78)73-44-55(51(7)75)71-40-49(5)67-24-22-63-18-20-65-42-53(14-9-11-16-61)69-26-30-82-33-35-84-37-39-85-38-36-83-34-32-81-28-13-29-86-46-87-31-27-70-54(15-10-12-17-62)43-66-21-19-64-23-25-68-50(6)41-72-56(52(8)76)45-74-58(48(3)4)60(79)80/h47-58,63-76H,9-46,61-62H2,1-8H3,(H,77,78)(H,79,80)/t49-,50-,51+,52+,53-,54-,55-,56-,57-,58-/m0/s1. The number of hydrogen-bond acceptors (Lipinski definition) is 25. The summed E-state index contributed by atoms with van der Waals surface area (Å²) < 4.78 is 39.7. The van der Waals surface area contributed by atoms with E-state index in [4.69, 9.17) is 44.6 Å². The Hall–Kier alpha value is -1.98. The first kappa shape index (κ1) is 85.0. The summed E-state index contributed by atoms with van der Waals surface area (Å²) in [4.78, 5) is 23.0. The third-order valence-corrected chi connectivity index (χ3v) is 14.4. The van der Waals surface area contributed by atoms with Gasteiger partial charge in [0.05, 0.1) is 84.9 Å². The van der Waals surface area contributed by atoms with E-state index in [1.54, 1.807) is 13.8 Å². The summed E-state index contributed by atoms with van der Waals surface area (Å²) in [5.74, 6) is -1.87. The summed E-state index contributed by atoms with van der Waals surface area (Å²) in [6, 6.07) is -0.795. The molecule has 0 aromatic heterocycles. The van der Waals surface area contributed by atoms with Crippen LogP contribution in [0.2, 0.25) is 0 Å². The second kappa shape index (κ2) is 61.5. The molecule has 0 unspecified atom stereocenters. The van der Waals surface area contributed by atoms with Crippen LogP contribution in [0.5, 0.6) is 0 Å². The number of rotatable bonds is 70. The predicted octanol–water partition coefficient (Wildman–Crippen LogP) is -1.99. The van der Waals surface area contributed by atoms with E-state index in [0.29, 0.717) is 131 Å². The van der Waals surface area contributed by atoms with Crippen molar-refractivity contribution < 1.29 is 63.2 Å². The molecule has 520 valence electrons. The fourth-order valence-corrected chi connectivity index (χ4v) is 9.04. The number of carboxylic acids is 2. The first-order valence-electron chi connectivity index (χ1n) is 33.0. The minimum Gasteiger partial charge on any atom is -0.480 e. The van der Waals surface area contributed by atoms with Crippen molar-refractivity contribution in [2.45, 2.75) is 161 Å². The van der Waals surface area contributed by atoms with Crippen LogP contribution < -0.4 is 75.3 Å². The van der Waals surface area contributed by atoms with Gasteiger partial charge < -0.3 is 129 Å². The van der Waals surface area contributed by atoms with Gasteiger partial charge in [-0.05, 0) is 84.7 Å². The van der Waals surface area contributed by atoms with Crippen LogP contribution in [-0.2, 0) is 42.7 Å². The first-order chi connectivity index (χ1) is 42.0. The van der Waals surface area contributed by atoms with E-state index >= 15 is 0 Å². The number of aliphatic hydroxyl groups excluding tert-OH is 2. The monoisotopic (exact) mass is 1260 g/mol. The zero-order valence-corrected chi connectivity index (χ0v) is 55.4. The lowest BCUT2D eigenvalue weighted by atomic mass is 10.0. The molecule has 0 saturated heterocycles. The van der Waals surface area contributed by atoms with E-state index in [2.05, 4.69) is 77.6 Å². The number of aliphatic carboxylic acids is 2. The maximum absolute atomic E-state index is 11.5. The van der Waals surface area contributed by atoms with Crippen LogP contribution in [0.25, 0.3) is 0 Å². The number of unbranched alkanes of at least 4 members (excludes halogenated alkanes) is 2. The van der Waals surface area contributed by atoms with Crippen LogP contribution >= 0.6 is 0 Å². The van der Waals surface area contributed by atoms with E-state index in [9.17, 15) is 30.0 Å². The molecule has 27 nitrogen and oxygen atoms in total. The smallest absolute Gasteiger partial charge is 0.320 e. The Morgan fingerprint density at radius 3 is 1.08 bits per heavy atom. The van der Waals surface area contributed by atoms with Crippen molar-refractivity contribution in [3.63, 3.8) is 0 Å². The predicted molar refractivity (Wildman–Crippen MR) is 347 cm³/mol. The zero-order valence-electron chi connectivity index (χ0n) is 55.4. The summed E-state index contributed by atoms with van der Waals surface area (Å²) in [5, 5.41) is 80.5. The van der Waals surface area contributed by atoms with E-state index in [-0.39, 0.29) is 42.8 Å². The number of nitrogens with two attached hydrogens (primary N) is 2. The Balaban J connectivity index is 3.83. The number of ether oxygens (including phenoxy) is 7. The third-order valence-electron chi connectivity index (χ3n) is 14.4. The normalized spacial score (nSPS) is 15.6. The van der Waals surface area contributed by atoms with Crippen molar-refractivity contribution in [1.29, 1.82) is 0 Å². The minimum absolute atomic E-state index is 0.0526. The minimum atomic E-state index is -0.882. The second-order valence-electron chi connectivity index (χ2n) is 23.3. The third kappa shape index (κ3) is 54.3. The van der Waals surface area contributed by atoms with Crippen LogP contribution in [-0.4, -0.2) is 297 Å². The maximum Gasteiger partial charge on any atom is 0.320 e. The van der Waals surface area contributed by atoms with E-state index in [1.807, 2.05) is 27.7 Å². The van der Waals surface area contributed by atoms with Gasteiger partial charge in [0.2, 0.25) is 0 Å². The maximum atomic E-state index is 11.5. The summed E-state index contributed by atoms with van der Waals surface area (Å²) >= 11 is 0. The van der Waals surface area contributed by atoms with Gasteiger partial charge >= 0.3 is 11.9 Å². The van der Waals surface area contributed by atoms with Gasteiger partial charge in [-0.2, -0.15) is 0 Å². The molecule has 27 heteroatoms. The van der Waals surface area contributed by atoms with Crippen molar-refractivity contribution >= 4 is 11.9 Å². The molecule has 0 aromatic carbocycles. The zero-order chi connectivity index (χ0) is 64.4. The Morgan fingerprint density at radius 1 is 0.356 bits per heavy atom.